The van der Waals surface area contributed by atoms with Gasteiger partial charge in [-0.2, -0.15) is 0 Å². The molecule has 5 heteroatoms. The normalized spacial score (nSPS) is 17.7. The van der Waals surface area contributed by atoms with Crippen LogP contribution < -0.4 is 10.0 Å². The van der Waals surface area contributed by atoms with E-state index in [-0.39, 0.29) is 5.54 Å². The van der Waals surface area contributed by atoms with Crippen molar-refractivity contribution in [2.45, 2.75) is 43.7 Å². The van der Waals surface area contributed by atoms with Gasteiger partial charge in [0.15, 0.2) is 0 Å². The summed E-state index contributed by atoms with van der Waals surface area (Å²) in [5.74, 6) is 0. The highest BCUT2D eigenvalue weighted by atomic mass is 32.2. The van der Waals surface area contributed by atoms with Crippen LogP contribution in [0, 0.1) is 0 Å². The average Bonchev–Trinajstić information content (AvgIpc) is 3.03. The molecule has 1 aliphatic rings. The molecule has 4 nitrogen and oxygen atoms in total. The van der Waals surface area contributed by atoms with Crippen molar-refractivity contribution < 1.29 is 8.42 Å². The van der Waals surface area contributed by atoms with Crippen LogP contribution >= 0.6 is 0 Å². The molecule has 2 N–H and O–H groups in total. The average molecular weight is 268 g/mol. The van der Waals surface area contributed by atoms with Gasteiger partial charge in [-0.25, -0.2) is 13.1 Å². The van der Waals surface area contributed by atoms with Crippen molar-refractivity contribution in [3.8, 4) is 0 Å². The molecule has 1 aromatic rings. The second-order valence-corrected chi connectivity index (χ2v) is 6.78. The number of sulfonamides is 1. The van der Waals surface area contributed by atoms with Gasteiger partial charge in [-0.3, -0.25) is 0 Å². The zero-order valence-electron chi connectivity index (χ0n) is 10.9. The summed E-state index contributed by atoms with van der Waals surface area (Å²) in [7, 11) is -3.38. The number of nitrogens with one attached hydrogen (secondary N) is 2. The van der Waals surface area contributed by atoms with Crippen LogP contribution in [0.3, 0.4) is 0 Å². The van der Waals surface area contributed by atoms with Gasteiger partial charge in [0, 0.05) is 12.1 Å². The number of benzene rings is 1. The summed E-state index contributed by atoms with van der Waals surface area (Å²) in [5.41, 5.74) is 0.761. The Morgan fingerprint density at radius 1 is 1.33 bits per heavy atom. The summed E-state index contributed by atoms with van der Waals surface area (Å²) in [6.45, 7) is 5.52. The fraction of sp³-hybridized carbons (Fsp3) is 0.538. The first-order valence-corrected chi connectivity index (χ1v) is 7.77. The van der Waals surface area contributed by atoms with Crippen LogP contribution in [-0.4, -0.2) is 20.5 Å². The van der Waals surface area contributed by atoms with Crippen molar-refractivity contribution in [3.05, 3.63) is 29.8 Å². The van der Waals surface area contributed by atoms with Crippen LogP contribution in [0.5, 0.6) is 0 Å². The predicted molar refractivity (Wildman–Crippen MR) is 71.8 cm³/mol. The molecular weight excluding hydrogens is 248 g/mol. The molecule has 0 aromatic heterocycles. The van der Waals surface area contributed by atoms with Gasteiger partial charge in [0.2, 0.25) is 10.0 Å². The molecule has 0 aliphatic heterocycles. The first-order chi connectivity index (χ1) is 8.45. The quantitative estimate of drug-likeness (QED) is 0.824. The summed E-state index contributed by atoms with van der Waals surface area (Å²) in [6.07, 6.45) is 1.84. The maximum Gasteiger partial charge on any atom is 0.241 e. The Labute approximate surface area is 109 Å². The zero-order chi connectivity index (χ0) is 13.2. The molecule has 0 unspecified atom stereocenters. The summed E-state index contributed by atoms with van der Waals surface area (Å²) >= 11 is 0. The molecule has 2 rings (SSSR count). The van der Waals surface area contributed by atoms with Gasteiger partial charge in [-0.15, -0.1) is 0 Å². The van der Waals surface area contributed by atoms with Crippen LogP contribution in [0.15, 0.2) is 29.2 Å². The Morgan fingerprint density at radius 3 is 2.67 bits per heavy atom. The smallest absolute Gasteiger partial charge is 0.241 e. The molecule has 0 spiro atoms. The third-order valence-corrected chi connectivity index (χ3v) is 4.80. The third-order valence-electron chi connectivity index (χ3n) is 3.17. The van der Waals surface area contributed by atoms with Crippen molar-refractivity contribution in [2.24, 2.45) is 0 Å². The van der Waals surface area contributed by atoms with Crippen LogP contribution in [0.25, 0.3) is 0 Å². The highest BCUT2D eigenvalue weighted by molar-refractivity contribution is 7.89. The van der Waals surface area contributed by atoms with Gasteiger partial charge in [-0.1, -0.05) is 19.1 Å². The minimum atomic E-state index is -3.38. The van der Waals surface area contributed by atoms with E-state index in [1.165, 1.54) is 0 Å². The van der Waals surface area contributed by atoms with Gasteiger partial charge in [0.25, 0.3) is 0 Å². The Balaban J connectivity index is 2.16. The molecule has 1 aromatic carbocycles. The first kappa shape index (κ1) is 13.5. The van der Waals surface area contributed by atoms with E-state index in [4.69, 9.17) is 0 Å². The minimum Gasteiger partial charge on any atom is -0.313 e. The van der Waals surface area contributed by atoms with E-state index in [1.807, 2.05) is 19.9 Å². The Kier molecular flexibility index (Phi) is 3.75. The number of rotatable bonds is 6. The molecule has 1 saturated carbocycles. The Bertz CT molecular complexity index is 522. The third kappa shape index (κ3) is 3.31. The highest BCUT2D eigenvalue weighted by Gasteiger charge is 2.41. The Hall–Kier alpha value is -0.910. The van der Waals surface area contributed by atoms with Crippen LogP contribution in [0.4, 0.5) is 0 Å². The van der Waals surface area contributed by atoms with Gasteiger partial charge in [0.1, 0.15) is 0 Å². The Morgan fingerprint density at radius 2 is 2.06 bits per heavy atom. The van der Waals surface area contributed by atoms with Gasteiger partial charge < -0.3 is 5.32 Å². The van der Waals surface area contributed by atoms with Crippen molar-refractivity contribution in [1.29, 1.82) is 0 Å². The fourth-order valence-electron chi connectivity index (χ4n) is 1.76. The van der Waals surface area contributed by atoms with Crippen molar-refractivity contribution in [2.75, 3.05) is 6.54 Å². The fourth-order valence-corrected chi connectivity index (χ4v) is 3.30. The van der Waals surface area contributed by atoms with Crippen molar-refractivity contribution in [3.63, 3.8) is 0 Å². The second kappa shape index (κ2) is 4.99. The molecule has 0 bridgehead atoms. The monoisotopic (exact) mass is 268 g/mol. The lowest BCUT2D eigenvalue weighted by atomic mass is 10.2. The number of hydrogen-bond donors (Lipinski definition) is 2. The van der Waals surface area contributed by atoms with Crippen LogP contribution in [0.2, 0.25) is 0 Å². The molecule has 0 radical (unpaired) electrons. The molecule has 0 amide bonds. The highest BCUT2D eigenvalue weighted by Crippen LogP contribution is 2.35. The largest absolute Gasteiger partial charge is 0.313 e. The lowest BCUT2D eigenvalue weighted by molar-refractivity contribution is 0.558. The van der Waals surface area contributed by atoms with Crippen LogP contribution in [0.1, 0.15) is 32.3 Å². The van der Waals surface area contributed by atoms with E-state index >= 15 is 0 Å². The minimum absolute atomic E-state index is 0.226. The molecule has 0 atom stereocenters. The molecule has 1 aliphatic carbocycles. The summed E-state index contributed by atoms with van der Waals surface area (Å²) in [4.78, 5) is 0.353. The van der Waals surface area contributed by atoms with E-state index in [0.29, 0.717) is 11.4 Å². The molecule has 0 heterocycles. The molecule has 1 fully saturated rings. The van der Waals surface area contributed by atoms with Gasteiger partial charge in [0.05, 0.1) is 4.90 Å². The maximum absolute atomic E-state index is 12.2. The van der Waals surface area contributed by atoms with E-state index in [1.54, 1.807) is 18.2 Å². The summed E-state index contributed by atoms with van der Waals surface area (Å²) < 4.78 is 27.1. The molecule has 18 heavy (non-hydrogen) atoms. The van der Waals surface area contributed by atoms with E-state index < -0.39 is 10.0 Å². The molecule has 100 valence electrons. The van der Waals surface area contributed by atoms with Crippen molar-refractivity contribution in [1.82, 2.24) is 10.0 Å². The zero-order valence-corrected chi connectivity index (χ0v) is 11.7. The van der Waals surface area contributed by atoms with E-state index in [2.05, 4.69) is 10.0 Å². The topological polar surface area (TPSA) is 58.2 Å². The molecular formula is C13H20N2O2S. The summed E-state index contributed by atoms with van der Waals surface area (Å²) in [6, 6.07) is 7.09. The first-order valence-electron chi connectivity index (χ1n) is 6.29. The SMILES string of the molecule is CCNCc1cccc(S(=O)(=O)NC2(C)CC2)c1. The van der Waals surface area contributed by atoms with E-state index in [0.717, 1.165) is 24.9 Å². The van der Waals surface area contributed by atoms with E-state index in [9.17, 15) is 8.42 Å². The van der Waals surface area contributed by atoms with Gasteiger partial charge >= 0.3 is 0 Å². The van der Waals surface area contributed by atoms with Crippen molar-refractivity contribution >= 4 is 10.0 Å². The lowest BCUT2D eigenvalue weighted by Crippen LogP contribution is -2.34. The lowest BCUT2D eigenvalue weighted by Gasteiger charge is -2.13. The second-order valence-electron chi connectivity index (χ2n) is 5.09. The van der Waals surface area contributed by atoms with Crippen LogP contribution in [-0.2, 0) is 16.6 Å². The standard InChI is InChI=1S/C13H20N2O2S/c1-3-14-10-11-5-4-6-12(9-11)18(16,17)15-13(2)7-8-13/h4-6,9,14-15H,3,7-8,10H2,1-2H3. The maximum atomic E-state index is 12.2. The summed E-state index contributed by atoms with van der Waals surface area (Å²) in [5, 5.41) is 3.19. The molecule has 0 saturated heterocycles. The predicted octanol–water partition coefficient (Wildman–Crippen LogP) is 1.63. The number of hydrogen-bond acceptors (Lipinski definition) is 3. The van der Waals surface area contributed by atoms with Gasteiger partial charge in [-0.05, 0) is 44.0 Å².